The van der Waals surface area contributed by atoms with Gasteiger partial charge in [-0.15, -0.1) is 0 Å². The largest absolute Gasteiger partial charge is 0.338 e. The van der Waals surface area contributed by atoms with Gasteiger partial charge in [0.05, 0.1) is 4.92 Å². The lowest BCUT2D eigenvalue weighted by Gasteiger charge is -2.43. The Balaban J connectivity index is 1.59. The lowest BCUT2D eigenvalue weighted by molar-refractivity contribution is -0.385. The molecule has 0 saturated carbocycles. The predicted octanol–water partition coefficient (Wildman–Crippen LogP) is -0.521. The van der Waals surface area contributed by atoms with E-state index in [9.17, 15) is 10.1 Å². The van der Waals surface area contributed by atoms with E-state index in [1.165, 1.54) is 12.4 Å². The van der Waals surface area contributed by atoms with Gasteiger partial charge in [0.1, 0.15) is 12.4 Å². The SMILES string of the molecule is O=[N+]([O-])c1cnc(N2CCN(C3CNC3)CC2)nc1. The molecule has 0 aliphatic carbocycles. The van der Waals surface area contributed by atoms with Gasteiger partial charge in [0.15, 0.2) is 0 Å². The highest BCUT2D eigenvalue weighted by Crippen LogP contribution is 2.15. The van der Waals surface area contributed by atoms with Gasteiger partial charge in [0.25, 0.3) is 0 Å². The summed E-state index contributed by atoms with van der Waals surface area (Å²) in [5, 5.41) is 13.8. The lowest BCUT2D eigenvalue weighted by Crippen LogP contribution is -2.61. The minimum absolute atomic E-state index is 0.0667. The van der Waals surface area contributed by atoms with Crippen molar-refractivity contribution < 1.29 is 4.92 Å². The van der Waals surface area contributed by atoms with Crippen molar-refractivity contribution in [2.45, 2.75) is 6.04 Å². The minimum atomic E-state index is -0.481. The van der Waals surface area contributed by atoms with E-state index in [-0.39, 0.29) is 5.69 Å². The van der Waals surface area contributed by atoms with Gasteiger partial charge >= 0.3 is 5.69 Å². The molecule has 1 N–H and O–H groups in total. The smallest absolute Gasteiger partial charge is 0.305 e. The average molecular weight is 264 g/mol. The van der Waals surface area contributed by atoms with Crippen LogP contribution in [-0.2, 0) is 0 Å². The van der Waals surface area contributed by atoms with Gasteiger partial charge < -0.3 is 10.2 Å². The van der Waals surface area contributed by atoms with Crippen LogP contribution in [0.25, 0.3) is 0 Å². The Labute approximate surface area is 110 Å². The van der Waals surface area contributed by atoms with Crippen molar-refractivity contribution in [2.75, 3.05) is 44.2 Å². The van der Waals surface area contributed by atoms with Crippen molar-refractivity contribution in [1.29, 1.82) is 0 Å². The molecule has 0 amide bonds. The summed E-state index contributed by atoms with van der Waals surface area (Å²) in [4.78, 5) is 22.8. The summed E-state index contributed by atoms with van der Waals surface area (Å²) in [5.74, 6) is 0.581. The van der Waals surface area contributed by atoms with Crippen LogP contribution in [0.5, 0.6) is 0 Å². The standard InChI is InChI=1S/C11H16N6O2/c18-17(19)10-7-13-11(14-8-10)16-3-1-15(2-4-16)9-5-12-6-9/h7-9,12H,1-6H2. The zero-order chi connectivity index (χ0) is 13.2. The number of hydrogen-bond donors (Lipinski definition) is 1. The summed E-state index contributed by atoms with van der Waals surface area (Å²) >= 11 is 0. The zero-order valence-corrected chi connectivity index (χ0v) is 10.5. The molecule has 0 spiro atoms. The number of nitro groups is 1. The number of rotatable bonds is 3. The lowest BCUT2D eigenvalue weighted by atomic mass is 10.1. The molecule has 0 bridgehead atoms. The summed E-state index contributed by atoms with van der Waals surface area (Å²) in [5.41, 5.74) is -0.0667. The Bertz CT molecular complexity index is 453. The molecule has 2 aliphatic heterocycles. The molecular formula is C11H16N6O2. The molecule has 1 aromatic rings. The van der Waals surface area contributed by atoms with E-state index in [0.717, 1.165) is 39.3 Å². The fraction of sp³-hybridized carbons (Fsp3) is 0.636. The maximum atomic E-state index is 10.5. The number of nitrogens with one attached hydrogen (secondary N) is 1. The Hall–Kier alpha value is -1.80. The molecule has 0 atom stereocenters. The highest BCUT2D eigenvalue weighted by Gasteiger charge is 2.28. The fourth-order valence-electron chi connectivity index (χ4n) is 2.39. The highest BCUT2D eigenvalue weighted by molar-refractivity contribution is 5.34. The molecule has 102 valence electrons. The predicted molar refractivity (Wildman–Crippen MR) is 69.1 cm³/mol. The van der Waals surface area contributed by atoms with E-state index in [4.69, 9.17) is 0 Å². The second-order valence-electron chi connectivity index (χ2n) is 4.83. The van der Waals surface area contributed by atoms with Gasteiger partial charge in [-0.05, 0) is 0 Å². The highest BCUT2D eigenvalue weighted by atomic mass is 16.6. The first-order valence-corrected chi connectivity index (χ1v) is 6.40. The molecule has 2 saturated heterocycles. The van der Waals surface area contributed by atoms with Crippen LogP contribution in [-0.4, -0.2) is 65.1 Å². The summed E-state index contributed by atoms with van der Waals surface area (Å²) in [7, 11) is 0. The monoisotopic (exact) mass is 264 g/mol. The maximum Gasteiger partial charge on any atom is 0.305 e. The molecule has 2 aliphatic rings. The average Bonchev–Trinajstić information content (AvgIpc) is 2.38. The molecule has 0 unspecified atom stereocenters. The van der Waals surface area contributed by atoms with Crippen LogP contribution in [0, 0.1) is 10.1 Å². The maximum absolute atomic E-state index is 10.5. The molecule has 2 fully saturated rings. The number of aromatic nitrogens is 2. The van der Waals surface area contributed by atoms with Gasteiger partial charge in [-0.1, -0.05) is 0 Å². The van der Waals surface area contributed by atoms with Gasteiger partial charge in [-0.2, -0.15) is 0 Å². The fourth-order valence-corrected chi connectivity index (χ4v) is 2.39. The van der Waals surface area contributed by atoms with Gasteiger partial charge in [-0.25, -0.2) is 9.97 Å². The second-order valence-corrected chi connectivity index (χ2v) is 4.83. The van der Waals surface area contributed by atoms with Gasteiger partial charge in [-0.3, -0.25) is 15.0 Å². The first-order chi connectivity index (χ1) is 9.24. The van der Waals surface area contributed by atoms with Gasteiger partial charge in [0.2, 0.25) is 5.95 Å². The quantitative estimate of drug-likeness (QED) is 0.580. The van der Waals surface area contributed by atoms with Crippen molar-refractivity contribution in [3.8, 4) is 0 Å². The van der Waals surface area contributed by atoms with Crippen molar-refractivity contribution in [3.63, 3.8) is 0 Å². The van der Waals surface area contributed by atoms with E-state index < -0.39 is 4.92 Å². The van der Waals surface area contributed by atoms with Crippen molar-refractivity contribution >= 4 is 11.6 Å². The van der Waals surface area contributed by atoms with Crippen molar-refractivity contribution in [2.24, 2.45) is 0 Å². The Kier molecular flexibility index (Phi) is 3.26. The van der Waals surface area contributed by atoms with E-state index in [1.54, 1.807) is 0 Å². The summed E-state index contributed by atoms with van der Waals surface area (Å²) in [6, 6.07) is 0.667. The number of nitrogens with zero attached hydrogens (tertiary/aromatic N) is 5. The molecule has 19 heavy (non-hydrogen) atoms. The summed E-state index contributed by atoms with van der Waals surface area (Å²) in [6.45, 7) is 5.88. The third-order valence-electron chi connectivity index (χ3n) is 3.71. The molecular weight excluding hydrogens is 248 g/mol. The van der Waals surface area contributed by atoms with E-state index >= 15 is 0 Å². The molecule has 3 rings (SSSR count). The molecule has 0 radical (unpaired) electrons. The number of piperazine rings is 1. The van der Waals surface area contributed by atoms with Crippen LogP contribution >= 0.6 is 0 Å². The molecule has 0 aromatic carbocycles. The summed E-state index contributed by atoms with van der Waals surface area (Å²) in [6.07, 6.45) is 2.54. The third kappa shape index (κ3) is 2.49. The normalized spacial score (nSPS) is 21.2. The second kappa shape index (κ2) is 5.06. The van der Waals surface area contributed by atoms with E-state index in [2.05, 4.69) is 25.1 Å². The third-order valence-corrected chi connectivity index (χ3v) is 3.71. The first kappa shape index (κ1) is 12.2. The van der Waals surface area contributed by atoms with Crippen LogP contribution in [0.4, 0.5) is 11.6 Å². The number of hydrogen-bond acceptors (Lipinski definition) is 7. The van der Waals surface area contributed by atoms with Crippen molar-refractivity contribution in [1.82, 2.24) is 20.2 Å². The Morgan fingerprint density at radius 3 is 2.32 bits per heavy atom. The minimum Gasteiger partial charge on any atom is -0.338 e. The van der Waals surface area contributed by atoms with Crippen LogP contribution in [0.3, 0.4) is 0 Å². The van der Waals surface area contributed by atoms with Crippen LogP contribution in [0.2, 0.25) is 0 Å². The van der Waals surface area contributed by atoms with Crippen LogP contribution in [0.15, 0.2) is 12.4 Å². The molecule has 3 heterocycles. The van der Waals surface area contributed by atoms with Crippen molar-refractivity contribution in [3.05, 3.63) is 22.5 Å². The summed E-state index contributed by atoms with van der Waals surface area (Å²) < 4.78 is 0. The van der Waals surface area contributed by atoms with Crippen LogP contribution in [0.1, 0.15) is 0 Å². The number of anilines is 1. The molecule has 8 heteroatoms. The topological polar surface area (TPSA) is 87.4 Å². The van der Waals surface area contributed by atoms with E-state index in [0.29, 0.717) is 12.0 Å². The van der Waals surface area contributed by atoms with Crippen LogP contribution < -0.4 is 10.2 Å². The zero-order valence-electron chi connectivity index (χ0n) is 10.5. The van der Waals surface area contributed by atoms with Gasteiger partial charge in [0, 0.05) is 45.3 Å². The molecule has 1 aromatic heterocycles. The Morgan fingerprint density at radius 1 is 1.21 bits per heavy atom. The van der Waals surface area contributed by atoms with E-state index in [1.807, 2.05) is 0 Å². The molecule has 8 nitrogen and oxygen atoms in total. The Morgan fingerprint density at radius 2 is 1.84 bits per heavy atom. The first-order valence-electron chi connectivity index (χ1n) is 6.40.